The molecule has 0 aliphatic carbocycles. The Morgan fingerprint density at radius 3 is 3.24 bits per heavy atom. The molecule has 1 N–H and O–H groups in total. The maximum atomic E-state index is 11.2. The Kier molecular flexibility index (Phi) is 3.49. The zero-order valence-electron chi connectivity index (χ0n) is 9.04. The van der Waals surface area contributed by atoms with Crippen LogP contribution in [0.15, 0.2) is 18.5 Å². The molecule has 2 heterocycles. The van der Waals surface area contributed by atoms with Crippen LogP contribution in [0.1, 0.15) is 5.56 Å². The number of pyridine rings is 1. The van der Waals surface area contributed by atoms with Crippen molar-refractivity contribution in [2.45, 2.75) is 6.04 Å². The van der Waals surface area contributed by atoms with Crippen molar-refractivity contribution in [3.63, 3.8) is 0 Å². The monoisotopic (exact) mass is 249 g/mol. The van der Waals surface area contributed by atoms with Crippen molar-refractivity contribution in [1.29, 1.82) is 5.26 Å². The molecule has 5 nitrogen and oxygen atoms in total. The molecule has 1 saturated heterocycles. The minimum absolute atomic E-state index is 0.471. The first kappa shape index (κ1) is 11.7. The van der Waals surface area contributed by atoms with Crippen LogP contribution in [-0.2, 0) is 4.79 Å². The normalized spacial score (nSPS) is 19.7. The molecule has 1 unspecified atom stereocenters. The number of anilines is 1. The zero-order valence-corrected chi connectivity index (χ0v) is 9.85. The standard InChI is InChI=1S/C11H11N3O2S/c12-5-8-1-2-13-6-9(8)14-3-4-17-7-10(14)11(15)16/h1-2,6,10H,3-4,7H2,(H,15,16). The number of nitriles is 1. The number of hydrogen-bond acceptors (Lipinski definition) is 5. The lowest BCUT2D eigenvalue weighted by molar-refractivity contribution is -0.138. The van der Waals surface area contributed by atoms with E-state index in [0.717, 1.165) is 5.75 Å². The Labute approximate surface area is 103 Å². The predicted molar refractivity (Wildman–Crippen MR) is 65.0 cm³/mol. The number of carboxylic acid groups (broad SMARTS) is 1. The van der Waals surface area contributed by atoms with Crippen LogP contribution in [0.3, 0.4) is 0 Å². The van der Waals surface area contributed by atoms with Crippen LogP contribution in [-0.4, -0.2) is 40.2 Å². The van der Waals surface area contributed by atoms with Gasteiger partial charge in [-0.1, -0.05) is 0 Å². The van der Waals surface area contributed by atoms with E-state index in [0.29, 0.717) is 23.5 Å². The van der Waals surface area contributed by atoms with Gasteiger partial charge in [-0.25, -0.2) is 4.79 Å². The lowest BCUT2D eigenvalue weighted by atomic mass is 10.2. The zero-order chi connectivity index (χ0) is 12.3. The van der Waals surface area contributed by atoms with E-state index in [9.17, 15) is 9.90 Å². The van der Waals surface area contributed by atoms with Gasteiger partial charge in [-0.05, 0) is 6.07 Å². The summed E-state index contributed by atoms with van der Waals surface area (Å²) in [6.07, 6.45) is 3.10. The van der Waals surface area contributed by atoms with Crippen LogP contribution in [0.5, 0.6) is 0 Å². The predicted octanol–water partition coefficient (Wildman–Crippen LogP) is 0.960. The van der Waals surface area contributed by atoms with Crippen molar-refractivity contribution in [3.8, 4) is 6.07 Å². The Morgan fingerprint density at radius 2 is 2.53 bits per heavy atom. The van der Waals surface area contributed by atoms with Crippen LogP contribution < -0.4 is 4.90 Å². The first-order valence-corrected chi connectivity index (χ1v) is 6.31. The minimum atomic E-state index is -0.857. The molecule has 0 amide bonds. The third-order valence-electron chi connectivity index (χ3n) is 2.64. The molecule has 1 atom stereocenters. The molecule has 0 bridgehead atoms. The Bertz CT molecular complexity index is 472. The average Bonchev–Trinajstić information content (AvgIpc) is 2.38. The van der Waals surface area contributed by atoms with Gasteiger partial charge < -0.3 is 10.0 Å². The summed E-state index contributed by atoms with van der Waals surface area (Å²) < 4.78 is 0. The van der Waals surface area contributed by atoms with Gasteiger partial charge in [-0.15, -0.1) is 0 Å². The van der Waals surface area contributed by atoms with Crippen molar-refractivity contribution in [2.24, 2.45) is 0 Å². The molecular weight excluding hydrogens is 238 g/mol. The van der Waals surface area contributed by atoms with Crippen molar-refractivity contribution < 1.29 is 9.90 Å². The van der Waals surface area contributed by atoms with Crippen molar-refractivity contribution >= 4 is 23.4 Å². The van der Waals surface area contributed by atoms with Gasteiger partial charge in [0.1, 0.15) is 12.1 Å². The van der Waals surface area contributed by atoms with Crippen LogP contribution in [0.25, 0.3) is 0 Å². The fraction of sp³-hybridized carbons (Fsp3) is 0.364. The molecule has 1 aliphatic heterocycles. The van der Waals surface area contributed by atoms with E-state index >= 15 is 0 Å². The number of hydrogen-bond donors (Lipinski definition) is 1. The van der Waals surface area contributed by atoms with E-state index in [4.69, 9.17) is 5.26 Å². The minimum Gasteiger partial charge on any atom is -0.480 e. The van der Waals surface area contributed by atoms with E-state index in [1.165, 1.54) is 6.20 Å². The highest BCUT2D eigenvalue weighted by molar-refractivity contribution is 7.99. The van der Waals surface area contributed by atoms with Gasteiger partial charge in [0.15, 0.2) is 0 Å². The van der Waals surface area contributed by atoms with Crippen LogP contribution >= 0.6 is 11.8 Å². The maximum absolute atomic E-state index is 11.2. The SMILES string of the molecule is N#Cc1ccncc1N1CCSCC1C(=O)O. The Hall–Kier alpha value is -1.74. The van der Waals surface area contributed by atoms with Gasteiger partial charge in [0.2, 0.25) is 0 Å². The van der Waals surface area contributed by atoms with E-state index in [1.54, 1.807) is 28.9 Å². The molecule has 2 rings (SSSR count). The van der Waals surface area contributed by atoms with Crippen molar-refractivity contribution in [1.82, 2.24) is 4.98 Å². The Balaban J connectivity index is 2.36. The summed E-state index contributed by atoms with van der Waals surface area (Å²) in [6.45, 7) is 0.627. The van der Waals surface area contributed by atoms with E-state index < -0.39 is 12.0 Å². The van der Waals surface area contributed by atoms with Crippen LogP contribution in [0.2, 0.25) is 0 Å². The molecule has 0 spiro atoms. The van der Waals surface area contributed by atoms with Gasteiger partial charge in [-0.2, -0.15) is 17.0 Å². The molecule has 0 saturated carbocycles. The largest absolute Gasteiger partial charge is 0.480 e. The average molecular weight is 249 g/mol. The first-order valence-electron chi connectivity index (χ1n) is 5.15. The molecule has 88 valence electrons. The van der Waals surface area contributed by atoms with Gasteiger partial charge in [0, 0.05) is 24.2 Å². The molecule has 1 aliphatic rings. The molecule has 0 radical (unpaired) electrons. The van der Waals surface area contributed by atoms with Gasteiger partial charge in [0.05, 0.1) is 17.4 Å². The smallest absolute Gasteiger partial charge is 0.327 e. The summed E-state index contributed by atoms with van der Waals surface area (Å²) in [5, 5.41) is 18.2. The van der Waals surface area contributed by atoms with Crippen molar-refractivity contribution in [3.05, 3.63) is 24.0 Å². The molecule has 1 aromatic heterocycles. The summed E-state index contributed by atoms with van der Waals surface area (Å²) in [5.74, 6) is 0.545. The first-order chi connectivity index (χ1) is 8.24. The highest BCUT2D eigenvalue weighted by atomic mass is 32.2. The second-order valence-electron chi connectivity index (χ2n) is 3.63. The lowest BCUT2D eigenvalue weighted by Gasteiger charge is -2.34. The summed E-state index contributed by atoms with van der Waals surface area (Å²) in [6, 6.07) is 3.10. The summed E-state index contributed by atoms with van der Waals surface area (Å²) in [7, 11) is 0. The summed E-state index contributed by atoms with van der Waals surface area (Å²) in [5.41, 5.74) is 1.08. The number of carbonyl (C=O) groups is 1. The number of aromatic nitrogens is 1. The summed E-state index contributed by atoms with van der Waals surface area (Å²) in [4.78, 5) is 16.9. The number of aliphatic carboxylic acids is 1. The summed E-state index contributed by atoms with van der Waals surface area (Å²) >= 11 is 1.62. The lowest BCUT2D eigenvalue weighted by Crippen LogP contribution is -2.47. The Morgan fingerprint density at radius 1 is 1.71 bits per heavy atom. The van der Waals surface area contributed by atoms with Gasteiger partial charge in [-0.3, -0.25) is 4.98 Å². The van der Waals surface area contributed by atoms with Crippen molar-refractivity contribution in [2.75, 3.05) is 23.0 Å². The molecular formula is C11H11N3O2S. The van der Waals surface area contributed by atoms with E-state index in [2.05, 4.69) is 11.1 Å². The van der Waals surface area contributed by atoms with Crippen LogP contribution in [0.4, 0.5) is 5.69 Å². The molecule has 1 aromatic rings. The fourth-order valence-corrected chi connectivity index (χ4v) is 2.84. The van der Waals surface area contributed by atoms with Gasteiger partial charge in [0.25, 0.3) is 0 Å². The molecule has 17 heavy (non-hydrogen) atoms. The third kappa shape index (κ3) is 2.34. The molecule has 1 fully saturated rings. The quantitative estimate of drug-likeness (QED) is 0.841. The highest BCUT2D eigenvalue weighted by Crippen LogP contribution is 2.26. The second-order valence-corrected chi connectivity index (χ2v) is 4.78. The number of thioether (sulfide) groups is 1. The van der Waals surface area contributed by atoms with Gasteiger partial charge >= 0.3 is 5.97 Å². The number of nitrogens with zero attached hydrogens (tertiary/aromatic N) is 3. The van der Waals surface area contributed by atoms with E-state index in [-0.39, 0.29) is 0 Å². The highest BCUT2D eigenvalue weighted by Gasteiger charge is 2.30. The molecule has 0 aromatic carbocycles. The molecule has 6 heteroatoms. The maximum Gasteiger partial charge on any atom is 0.327 e. The van der Waals surface area contributed by atoms with Crippen LogP contribution in [0, 0.1) is 11.3 Å². The number of carboxylic acids is 1. The van der Waals surface area contributed by atoms with E-state index in [1.807, 2.05) is 0 Å². The number of rotatable bonds is 2. The second kappa shape index (κ2) is 5.06. The fourth-order valence-electron chi connectivity index (χ4n) is 1.81. The topological polar surface area (TPSA) is 77.2 Å². The third-order valence-corrected chi connectivity index (χ3v) is 3.67.